The Balaban J connectivity index is 1.33. The monoisotopic (exact) mass is 445 g/mol. The predicted octanol–water partition coefficient (Wildman–Crippen LogP) is -0.351. The minimum absolute atomic E-state index is 0.173. The van der Waals surface area contributed by atoms with Crippen molar-refractivity contribution in [3.8, 4) is 0 Å². The molecule has 4 heterocycles. The third-order valence-corrected chi connectivity index (χ3v) is 6.39. The lowest BCUT2D eigenvalue weighted by Gasteiger charge is -2.37. The largest absolute Gasteiger partial charge is 0.371 e. The van der Waals surface area contributed by atoms with Crippen molar-refractivity contribution in [2.24, 2.45) is 7.05 Å². The lowest BCUT2D eigenvalue weighted by molar-refractivity contribution is -0.153. The number of aromatic nitrogens is 4. The molecule has 2 fully saturated rings. The Kier molecular flexibility index (Phi) is 5.06. The third kappa shape index (κ3) is 3.59. The molecule has 2 aromatic rings. The first kappa shape index (κ1) is 21.1. The van der Waals surface area contributed by atoms with Gasteiger partial charge < -0.3 is 19.5 Å². The lowest BCUT2D eigenvalue weighted by atomic mass is 9.97. The van der Waals surface area contributed by atoms with Gasteiger partial charge in [-0.1, -0.05) is 0 Å². The Morgan fingerprint density at radius 3 is 2.84 bits per heavy atom. The summed E-state index contributed by atoms with van der Waals surface area (Å²) in [5.74, 6) is -1.11. The highest BCUT2D eigenvalue weighted by Crippen LogP contribution is 2.39. The van der Waals surface area contributed by atoms with Crippen molar-refractivity contribution in [3.63, 3.8) is 0 Å². The maximum absolute atomic E-state index is 12.8. The second kappa shape index (κ2) is 7.68. The van der Waals surface area contributed by atoms with Gasteiger partial charge >= 0.3 is 5.69 Å². The van der Waals surface area contributed by atoms with Crippen LogP contribution in [-0.2, 0) is 34.1 Å². The van der Waals surface area contributed by atoms with Crippen LogP contribution in [-0.4, -0.2) is 62.5 Å². The smallest absolute Gasteiger partial charge is 0.328 e. The summed E-state index contributed by atoms with van der Waals surface area (Å²) in [5, 5.41) is 7.33. The molecule has 0 saturated carbocycles. The standard InChI is InChI=1S/C21H27N5O6/c1-21(2)31-17-13(26-8-7-15(27)23-20(26)29)10-30-14(18(17)32-21)9-22-19(28)16-11-5-4-6-12(11)25(3)24-16/h7-8,13-14,17-18H,4-6,9-10H2,1-3H3,(H,22,28)(H,23,27,29)/t13-,14-,17+,18-/m1/s1. The van der Waals surface area contributed by atoms with Crippen LogP contribution in [0.2, 0.25) is 0 Å². The summed E-state index contributed by atoms with van der Waals surface area (Å²) in [7, 11) is 1.86. The zero-order chi connectivity index (χ0) is 22.6. The minimum atomic E-state index is -0.878. The van der Waals surface area contributed by atoms with Gasteiger partial charge in [0.2, 0.25) is 0 Å². The molecule has 11 nitrogen and oxygen atoms in total. The molecule has 32 heavy (non-hydrogen) atoms. The number of H-pyrrole nitrogens is 1. The predicted molar refractivity (Wildman–Crippen MR) is 111 cm³/mol. The number of rotatable bonds is 4. The average molecular weight is 445 g/mol. The van der Waals surface area contributed by atoms with E-state index in [4.69, 9.17) is 14.2 Å². The molecule has 0 radical (unpaired) electrons. The highest BCUT2D eigenvalue weighted by Gasteiger charge is 2.52. The Bertz CT molecular complexity index is 1160. The van der Waals surface area contributed by atoms with E-state index in [9.17, 15) is 14.4 Å². The normalized spacial score (nSPS) is 28.3. The Labute approximate surface area is 183 Å². The molecule has 5 rings (SSSR count). The van der Waals surface area contributed by atoms with Crippen molar-refractivity contribution < 1.29 is 19.0 Å². The molecule has 1 aliphatic carbocycles. The van der Waals surface area contributed by atoms with Gasteiger partial charge in [0.05, 0.1) is 12.6 Å². The van der Waals surface area contributed by atoms with E-state index in [1.54, 1.807) is 18.5 Å². The highest BCUT2D eigenvalue weighted by molar-refractivity contribution is 5.94. The van der Waals surface area contributed by atoms with E-state index >= 15 is 0 Å². The second-order valence-electron chi connectivity index (χ2n) is 8.98. The molecular weight excluding hydrogens is 418 g/mol. The summed E-state index contributed by atoms with van der Waals surface area (Å²) in [6.45, 7) is 3.99. The number of amides is 1. The molecule has 2 saturated heterocycles. The zero-order valence-electron chi connectivity index (χ0n) is 18.3. The minimum Gasteiger partial charge on any atom is -0.371 e. The number of aromatic amines is 1. The number of aryl methyl sites for hydroxylation is 1. The highest BCUT2D eigenvalue weighted by atomic mass is 16.8. The van der Waals surface area contributed by atoms with Gasteiger partial charge in [-0.3, -0.25) is 23.8 Å². The topological polar surface area (TPSA) is 129 Å². The van der Waals surface area contributed by atoms with Crippen LogP contribution < -0.4 is 16.6 Å². The molecule has 172 valence electrons. The van der Waals surface area contributed by atoms with Gasteiger partial charge in [-0.2, -0.15) is 5.10 Å². The Morgan fingerprint density at radius 2 is 2.06 bits per heavy atom. The van der Waals surface area contributed by atoms with Crippen LogP contribution in [0.5, 0.6) is 0 Å². The number of nitrogens with zero attached hydrogens (tertiary/aromatic N) is 3. The molecule has 0 unspecified atom stereocenters. The number of carbonyl (C=O) groups is 1. The van der Waals surface area contributed by atoms with Crippen LogP contribution in [0.15, 0.2) is 21.9 Å². The summed E-state index contributed by atoms with van der Waals surface area (Å²) in [6.07, 6.45) is 2.82. The zero-order valence-corrected chi connectivity index (χ0v) is 18.3. The maximum atomic E-state index is 12.8. The fourth-order valence-corrected chi connectivity index (χ4v) is 4.99. The van der Waals surface area contributed by atoms with E-state index < -0.39 is 41.4 Å². The number of hydrogen-bond donors (Lipinski definition) is 2. The van der Waals surface area contributed by atoms with Crippen molar-refractivity contribution >= 4 is 5.91 Å². The number of hydrogen-bond acceptors (Lipinski definition) is 7. The molecule has 0 bridgehead atoms. The summed E-state index contributed by atoms with van der Waals surface area (Å²) < 4.78 is 21.4. The summed E-state index contributed by atoms with van der Waals surface area (Å²) in [5.41, 5.74) is 1.60. The van der Waals surface area contributed by atoms with E-state index in [0.717, 1.165) is 30.5 Å². The molecule has 2 N–H and O–H groups in total. The van der Waals surface area contributed by atoms with Gasteiger partial charge in [-0.25, -0.2) is 4.79 Å². The van der Waals surface area contributed by atoms with Crippen LogP contribution in [0, 0.1) is 0 Å². The van der Waals surface area contributed by atoms with Crippen LogP contribution in [0.1, 0.15) is 48.1 Å². The fourth-order valence-electron chi connectivity index (χ4n) is 4.99. The van der Waals surface area contributed by atoms with E-state index in [1.807, 2.05) is 7.05 Å². The maximum Gasteiger partial charge on any atom is 0.328 e. The SMILES string of the molecule is Cn1nc(C(=O)NC[C@H]2OC[C@@H](n3ccc(=O)[nH]c3=O)[C@@H]3OC(C)(C)O[C@@H]32)c2c1CCC2. The van der Waals surface area contributed by atoms with Crippen molar-refractivity contribution in [2.75, 3.05) is 13.2 Å². The van der Waals surface area contributed by atoms with Crippen molar-refractivity contribution in [3.05, 3.63) is 50.1 Å². The first-order chi connectivity index (χ1) is 15.2. The van der Waals surface area contributed by atoms with Crippen molar-refractivity contribution in [1.82, 2.24) is 24.6 Å². The molecule has 3 aliphatic rings. The number of carbonyl (C=O) groups excluding carboxylic acids is 1. The lowest BCUT2D eigenvalue weighted by Crippen LogP contribution is -2.54. The summed E-state index contributed by atoms with van der Waals surface area (Å²) in [6, 6.07) is 0.812. The second-order valence-corrected chi connectivity index (χ2v) is 8.98. The van der Waals surface area contributed by atoms with Gasteiger partial charge in [-0.15, -0.1) is 0 Å². The molecule has 0 aromatic carbocycles. The number of ether oxygens (including phenoxy) is 3. The van der Waals surface area contributed by atoms with E-state index in [1.165, 1.54) is 16.8 Å². The van der Waals surface area contributed by atoms with E-state index in [2.05, 4.69) is 15.4 Å². The third-order valence-electron chi connectivity index (χ3n) is 6.39. The Morgan fingerprint density at radius 1 is 1.28 bits per heavy atom. The van der Waals surface area contributed by atoms with Gasteiger partial charge in [0.15, 0.2) is 11.5 Å². The van der Waals surface area contributed by atoms with E-state index in [-0.39, 0.29) is 19.1 Å². The average Bonchev–Trinajstić information content (AvgIpc) is 3.41. The summed E-state index contributed by atoms with van der Waals surface area (Å²) in [4.78, 5) is 38.9. The number of fused-ring (bicyclic) bond motifs is 2. The van der Waals surface area contributed by atoms with Crippen molar-refractivity contribution in [2.45, 2.75) is 63.3 Å². The molecule has 2 aromatic heterocycles. The molecular formula is C21H27N5O6. The van der Waals surface area contributed by atoms with Gasteiger partial charge in [-0.05, 0) is 33.1 Å². The fraction of sp³-hybridized carbons (Fsp3) is 0.619. The first-order valence-corrected chi connectivity index (χ1v) is 10.8. The van der Waals surface area contributed by atoms with Gasteiger partial charge in [0.25, 0.3) is 11.5 Å². The van der Waals surface area contributed by atoms with E-state index in [0.29, 0.717) is 5.69 Å². The van der Waals surface area contributed by atoms with Crippen LogP contribution >= 0.6 is 0 Å². The van der Waals surface area contributed by atoms with Crippen molar-refractivity contribution in [1.29, 1.82) is 0 Å². The molecule has 1 amide bonds. The molecule has 4 atom stereocenters. The van der Waals surface area contributed by atoms with Gasteiger partial charge in [0, 0.05) is 37.1 Å². The number of nitrogens with one attached hydrogen (secondary N) is 2. The first-order valence-electron chi connectivity index (χ1n) is 10.8. The Hall–Kier alpha value is -2.76. The van der Waals surface area contributed by atoms with Crippen LogP contribution in [0.3, 0.4) is 0 Å². The quantitative estimate of drug-likeness (QED) is 0.658. The molecule has 2 aliphatic heterocycles. The summed E-state index contributed by atoms with van der Waals surface area (Å²) >= 11 is 0. The van der Waals surface area contributed by atoms with Crippen LogP contribution in [0.4, 0.5) is 0 Å². The molecule has 11 heteroatoms. The van der Waals surface area contributed by atoms with Crippen LogP contribution in [0.25, 0.3) is 0 Å². The molecule has 0 spiro atoms. The van der Waals surface area contributed by atoms with Gasteiger partial charge in [0.1, 0.15) is 18.3 Å².